The van der Waals surface area contributed by atoms with Crippen LogP contribution >= 0.6 is 0 Å². The number of hydrogen-bond donors (Lipinski definition) is 2. The lowest BCUT2D eigenvalue weighted by Gasteiger charge is -2.46. The molecule has 0 spiro atoms. The molecule has 0 bridgehead atoms. The first-order chi connectivity index (χ1) is 9.25. The molecule has 1 aromatic heterocycles. The summed E-state index contributed by atoms with van der Waals surface area (Å²) in [6, 6.07) is 3.72. The highest BCUT2D eigenvalue weighted by molar-refractivity contribution is 5.94. The van der Waals surface area contributed by atoms with Crippen LogP contribution in [0.15, 0.2) is 23.1 Å². The Bertz CT molecular complexity index is 515. The largest absolute Gasteiger partial charge is 0.335 e. The van der Waals surface area contributed by atoms with Crippen molar-refractivity contribution in [3.8, 4) is 0 Å². The van der Waals surface area contributed by atoms with Crippen molar-refractivity contribution >= 4 is 5.91 Å². The fraction of sp³-hybridized carbons (Fsp3) is 0.538. The van der Waals surface area contributed by atoms with Crippen LogP contribution in [-0.4, -0.2) is 66.0 Å². The maximum absolute atomic E-state index is 12.2. The molecule has 1 aromatic rings. The number of piperazine rings is 1. The van der Waals surface area contributed by atoms with Gasteiger partial charge in [0.05, 0.1) is 0 Å². The lowest BCUT2D eigenvalue weighted by molar-refractivity contribution is 0.0226. The van der Waals surface area contributed by atoms with Crippen molar-refractivity contribution in [1.29, 1.82) is 0 Å². The predicted octanol–water partition coefficient (Wildman–Crippen LogP) is -0.895. The normalized spacial score (nSPS) is 21.2. The number of amides is 1. The number of H-pyrrole nitrogens is 1. The van der Waals surface area contributed by atoms with Gasteiger partial charge in [-0.25, -0.2) is 0 Å². The van der Waals surface area contributed by atoms with Gasteiger partial charge in [-0.05, 0) is 12.1 Å². The highest BCUT2D eigenvalue weighted by Gasteiger charge is 2.36. The molecule has 0 aliphatic carbocycles. The van der Waals surface area contributed by atoms with E-state index in [1.54, 1.807) is 23.2 Å². The molecule has 0 aromatic carbocycles. The Kier molecular flexibility index (Phi) is 3.35. The Morgan fingerprint density at radius 1 is 1.26 bits per heavy atom. The Morgan fingerprint density at radius 3 is 2.68 bits per heavy atom. The quantitative estimate of drug-likeness (QED) is 0.725. The highest BCUT2D eigenvalue weighted by Crippen LogP contribution is 2.17. The number of carbonyl (C=O) groups excluding carboxylic acids is 1. The van der Waals surface area contributed by atoms with Gasteiger partial charge in [-0.1, -0.05) is 0 Å². The molecule has 2 saturated heterocycles. The minimum absolute atomic E-state index is 0.159. The lowest BCUT2D eigenvalue weighted by Crippen LogP contribution is -2.64. The molecule has 3 heterocycles. The van der Waals surface area contributed by atoms with E-state index in [9.17, 15) is 9.59 Å². The summed E-state index contributed by atoms with van der Waals surface area (Å²) in [6.07, 6.45) is 1.54. The van der Waals surface area contributed by atoms with Gasteiger partial charge in [0.1, 0.15) is 5.56 Å². The van der Waals surface area contributed by atoms with Gasteiger partial charge in [0.2, 0.25) is 0 Å². The second kappa shape index (κ2) is 5.14. The summed E-state index contributed by atoms with van der Waals surface area (Å²) in [7, 11) is 0. The molecule has 2 aliphatic heterocycles. The first-order valence-corrected chi connectivity index (χ1v) is 6.67. The van der Waals surface area contributed by atoms with Crippen LogP contribution in [0, 0.1) is 0 Å². The molecule has 19 heavy (non-hydrogen) atoms. The van der Waals surface area contributed by atoms with Gasteiger partial charge in [-0.3, -0.25) is 14.5 Å². The molecule has 1 amide bonds. The average Bonchev–Trinajstić information content (AvgIpc) is 2.38. The monoisotopic (exact) mass is 262 g/mol. The van der Waals surface area contributed by atoms with Crippen molar-refractivity contribution in [3.05, 3.63) is 34.2 Å². The molecule has 3 rings (SSSR count). The van der Waals surface area contributed by atoms with E-state index < -0.39 is 0 Å². The molecule has 2 aliphatic rings. The van der Waals surface area contributed by atoms with E-state index in [1.807, 2.05) is 0 Å². The number of aromatic nitrogens is 1. The van der Waals surface area contributed by atoms with Crippen molar-refractivity contribution < 1.29 is 4.79 Å². The third kappa shape index (κ3) is 2.41. The van der Waals surface area contributed by atoms with Gasteiger partial charge in [-0.15, -0.1) is 0 Å². The standard InChI is InChI=1S/C13H18N4O2/c18-12-11(2-1-3-15-12)13(19)17-8-10(9-17)16-6-4-14-5-7-16/h1-3,10,14H,4-9H2,(H,15,18). The molecular formula is C13H18N4O2. The maximum Gasteiger partial charge on any atom is 0.260 e. The fourth-order valence-electron chi connectivity index (χ4n) is 2.66. The van der Waals surface area contributed by atoms with Gasteiger partial charge >= 0.3 is 0 Å². The molecule has 2 N–H and O–H groups in total. The molecule has 0 saturated carbocycles. The minimum Gasteiger partial charge on any atom is -0.335 e. The van der Waals surface area contributed by atoms with Crippen LogP contribution in [-0.2, 0) is 0 Å². The summed E-state index contributed by atoms with van der Waals surface area (Å²) < 4.78 is 0. The molecule has 0 unspecified atom stereocenters. The first-order valence-electron chi connectivity index (χ1n) is 6.67. The first kappa shape index (κ1) is 12.4. The summed E-state index contributed by atoms with van der Waals surface area (Å²) in [5, 5.41) is 3.32. The third-order valence-electron chi connectivity index (χ3n) is 3.87. The number of pyridine rings is 1. The molecular weight excluding hydrogens is 244 g/mol. The van der Waals surface area contributed by atoms with Gasteiger partial charge < -0.3 is 15.2 Å². The summed E-state index contributed by atoms with van der Waals surface area (Å²) in [4.78, 5) is 30.4. The zero-order valence-electron chi connectivity index (χ0n) is 10.8. The van der Waals surface area contributed by atoms with Crippen LogP contribution in [0.2, 0.25) is 0 Å². The molecule has 0 atom stereocenters. The van der Waals surface area contributed by atoms with Crippen molar-refractivity contribution in [3.63, 3.8) is 0 Å². The summed E-state index contributed by atoms with van der Waals surface area (Å²) >= 11 is 0. The Morgan fingerprint density at radius 2 is 2.00 bits per heavy atom. The maximum atomic E-state index is 12.2. The average molecular weight is 262 g/mol. The minimum atomic E-state index is -0.307. The van der Waals surface area contributed by atoms with Gasteiger partial charge in [0.25, 0.3) is 11.5 Å². The number of likely N-dealkylation sites (tertiary alicyclic amines) is 1. The van der Waals surface area contributed by atoms with Crippen LogP contribution in [0.3, 0.4) is 0 Å². The van der Waals surface area contributed by atoms with Crippen LogP contribution in [0.5, 0.6) is 0 Å². The number of aromatic amines is 1. The van der Waals surface area contributed by atoms with Crippen molar-refractivity contribution in [2.45, 2.75) is 6.04 Å². The van der Waals surface area contributed by atoms with E-state index in [4.69, 9.17) is 0 Å². The summed E-state index contributed by atoms with van der Waals surface area (Å²) in [5.74, 6) is -0.159. The van der Waals surface area contributed by atoms with Gasteiger partial charge in [0, 0.05) is 51.5 Å². The predicted molar refractivity (Wildman–Crippen MR) is 71.2 cm³/mol. The number of nitrogens with zero attached hydrogens (tertiary/aromatic N) is 2. The molecule has 102 valence electrons. The fourth-order valence-corrected chi connectivity index (χ4v) is 2.66. The second-order valence-electron chi connectivity index (χ2n) is 5.06. The van der Waals surface area contributed by atoms with Gasteiger partial charge in [0.15, 0.2) is 0 Å². The number of nitrogens with one attached hydrogen (secondary N) is 2. The number of rotatable bonds is 2. The molecule has 6 nitrogen and oxygen atoms in total. The summed E-state index contributed by atoms with van der Waals surface area (Å²) in [5.41, 5.74) is -0.0700. The molecule has 6 heteroatoms. The Hall–Kier alpha value is -1.66. The van der Waals surface area contributed by atoms with E-state index in [0.29, 0.717) is 6.04 Å². The van der Waals surface area contributed by atoms with Gasteiger partial charge in [-0.2, -0.15) is 0 Å². The topological polar surface area (TPSA) is 68.4 Å². The van der Waals surface area contributed by atoms with E-state index in [-0.39, 0.29) is 17.0 Å². The zero-order valence-corrected chi connectivity index (χ0v) is 10.8. The van der Waals surface area contributed by atoms with E-state index >= 15 is 0 Å². The smallest absolute Gasteiger partial charge is 0.260 e. The lowest BCUT2D eigenvalue weighted by atomic mass is 10.0. The van der Waals surface area contributed by atoms with Crippen molar-refractivity contribution in [1.82, 2.24) is 20.1 Å². The zero-order chi connectivity index (χ0) is 13.2. The van der Waals surface area contributed by atoms with Crippen LogP contribution < -0.4 is 10.9 Å². The molecule has 2 fully saturated rings. The highest BCUT2D eigenvalue weighted by atomic mass is 16.2. The van der Waals surface area contributed by atoms with Crippen LogP contribution in [0.4, 0.5) is 0 Å². The SMILES string of the molecule is O=C(c1ccc[nH]c1=O)N1CC(N2CCNCC2)C1. The van der Waals surface area contributed by atoms with E-state index in [2.05, 4.69) is 15.2 Å². The van der Waals surface area contributed by atoms with E-state index in [0.717, 1.165) is 39.3 Å². The summed E-state index contributed by atoms with van der Waals surface area (Å²) in [6.45, 7) is 5.57. The van der Waals surface area contributed by atoms with E-state index in [1.165, 1.54) is 0 Å². The van der Waals surface area contributed by atoms with Crippen LogP contribution in [0.25, 0.3) is 0 Å². The van der Waals surface area contributed by atoms with Crippen molar-refractivity contribution in [2.75, 3.05) is 39.3 Å². The Balaban J connectivity index is 1.60. The molecule has 0 radical (unpaired) electrons. The third-order valence-corrected chi connectivity index (χ3v) is 3.87. The second-order valence-corrected chi connectivity index (χ2v) is 5.06. The van der Waals surface area contributed by atoms with Crippen LogP contribution in [0.1, 0.15) is 10.4 Å². The number of hydrogen-bond acceptors (Lipinski definition) is 4. The number of carbonyl (C=O) groups is 1. The Labute approximate surface area is 111 Å². The van der Waals surface area contributed by atoms with Crippen molar-refractivity contribution in [2.24, 2.45) is 0 Å².